The van der Waals surface area contributed by atoms with Crippen LogP contribution in [0.3, 0.4) is 0 Å². The molecule has 1 unspecified atom stereocenters. The van der Waals surface area contributed by atoms with Crippen LogP contribution in [-0.2, 0) is 12.1 Å². The predicted molar refractivity (Wildman–Crippen MR) is 83.3 cm³/mol. The third-order valence-electron chi connectivity index (χ3n) is 3.41. The molecule has 0 radical (unpaired) electrons. The Morgan fingerprint density at radius 3 is 2.71 bits per heavy atom. The number of aromatic nitrogens is 3. The van der Waals surface area contributed by atoms with E-state index in [-0.39, 0.29) is 11.6 Å². The zero-order chi connectivity index (χ0) is 15.5. The van der Waals surface area contributed by atoms with Crippen LogP contribution >= 0.6 is 0 Å². The predicted octanol–water partition coefficient (Wildman–Crippen LogP) is 2.89. The number of benzene rings is 1. The largest absolute Gasteiger partial charge is 0.497 e. The first-order valence-electron chi connectivity index (χ1n) is 7.19. The van der Waals surface area contributed by atoms with Gasteiger partial charge < -0.3 is 10.1 Å². The van der Waals surface area contributed by atoms with Gasteiger partial charge in [-0.1, -0.05) is 17.3 Å². The first-order valence-corrected chi connectivity index (χ1v) is 7.19. The molecule has 0 aliphatic heterocycles. The van der Waals surface area contributed by atoms with Crippen LogP contribution in [0, 0.1) is 0 Å². The fraction of sp³-hybridized carbons (Fsp3) is 0.500. The fourth-order valence-electron chi connectivity index (χ4n) is 1.99. The van der Waals surface area contributed by atoms with E-state index in [1.54, 1.807) is 7.11 Å². The highest BCUT2D eigenvalue weighted by atomic mass is 16.5. The molecule has 1 aromatic heterocycles. The second-order valence-electron chi connectivity index (χ2n) is 6.20. The van der Waals surface area contributed by atoms with E-state index in [2.05, 4.69) is 49.4 Å². The maximum absolute atomic E-state index is 5.26. The maximum Gasteiger partial charge on any atom is 0.119 e. The lowest BCUT2D eigenvalue weighted by atomic mass is 10.1. The Bertz CT molecular complexity index is 586. The Kier molecular flexibility index (Phi) is 4.63. The van der Waals surface area contributed by atoms with Crippen molar-refractivity contribution in [1.29, 1.82) is 0 Å². The van der Waals surface area contributed by atoms with Crippen LogP contribution in [0.15, 0.2) is 30.5 Å². The summed E-state index contributed by atoms with van der Waals surface area (Å²) in [6, 6.07) is 8.31. The van der Waals surface area contributed by atoms with Crippen molar-refractivity contribution in [2.75, 3.05) is 7.11 Å². The highest BCUT2D eigenvalue weighted by molar-refractivity contribution is 5.30. The molecule has 2 aromatic rings. The van der Waals surface area contributed by atoms with E-state index in [1.807, 2.05) is 29.1 Å². The Hall–Kier alpha value is -1.88. The number of nitrogens with one attached hydrogen (secondary N) is 1. The Balaban J connectivity index is 1.97. The highest BCUT2D eigenvalue weighted by Crippen LogP contribution is 2.19. The SMILES string of the molecule is COc1cccc(C(C)NCc2cn(C(C)(C)C)nn2)c1. The highest BCUT2D eigenvalue weighted by Gasteiger charge is 2.15. The van der Waals surface area contributed by atoms with Crippen LogP contribution in [-0.4, -0.2) is 22.1 Å². The Morgan fingerprint density at radius 1 is 1.33 bits per heavy atom. The third-order valence-corrected chi connectivity index (χ3v) is 3.41. The summed E-state index contributed by atoms with van der Waals surface area (Å²) in [5.41, 5.74) is 2.10. The fourth-order valence-corrected chi connectivity index (χ4v) is 1.99. The minimum Gasteiger partial charge on any atom is -0.497 e. The van der Waals surface area contributed by atoms with Gasteiger partial charge in [-0.3, -0.25) is 0 Å². The second kappa shape index (κ2) is 6.26. The summed E-state index contributed by atoms with van der Waals surface area (Å²) in [5, 5.41) is 11.8. The molecule has 0 saturated heterocycles. The molecule has 114 valence electrons. The summed E-state index contributed by atoms with van der Waals surface area (Å²) in [6.07, 6.45) is 1.99. The Morgan fingerprint density at radius 2 is 2.10 bits per heavy atom. The lowest BCUT2D eigenvalue weighted by Gasteiger charge is -2.17. The van der Waals surface area contributed by atoms with Crippen LogP contribution in [0.2, 0.25) is 0 Å². The molecule has 1 atom stereocenters. The van der Waals surface area contributed by atoms with Crippen LogP contribution in [0.25, 0.3) is 0 Å². The van der Waals surface area contributed by atoms with E-state index in [0.29, 0.717) is 6.54 Å². The van der Waals surface area contributed by atoms with Gasteiger partial charge in [-0.2, -0.15) is 0 Å². The molecule has 0 aliphatic rings. The number of nitrogens with zero attached hydrogens (tertiary/aromatic N) is 3. The van der Waals surface area contributed by atoms with Crippen molar-refractivity contribution in [3.8, 4) is 5.75 Å². The van der Waals surface area contributed by atoms with Gasteiger partial charge in [0.05, 0.1) is 24.5 Å². The van der Waals surface area contributed by atoms with Gasteiger partial charge in [-0.15, -0.1) is 5.10 Å². The molecule has 0 amide bonds. The molecule has 0 aliphatic carbocycles. The normalized spacial score (nSPS) is 13.2. The summed E-state index contributed by atoms with van der Waals surface area (Å²) < 4.78 is 7.14. The van der Waals surface area contributed by atoms with Gasteiger partial charge in [0, 0.05) is 12.6 Å². The van der Waals surface area contributed by atoms with E-state index in [9.17, 15) is 0 Å². The minimum absolute atomic E-state index is 0.0380. The molecule has 2 rings (SSSR count). The molecule has 5 nitrogen and oxygen atoms in total. The molecular weight excluding hydrogens is 264 g/mol. The van der Waals surface area contributed by atoms with Gasteiger partial charge in [0.15, 0.2) is 0 Å². The lowest BCUT2D eigenvalue weighted by molar-refractivity contribution is 0.347. The average Bonchev–Trinajstić information content (AvgIpc) is 2.94. The molecule has 1 heterocycles. The number of ether oxygens (including phenoxy) is 1. The van der Waals surface area contributed by atoms with Crippen LogP contribution < -0.4 is 10.1 Å². The van der Waals surface area contributed by atoms with Gasteiger partial charge in [-0.25, -0.2) is 4.68 Å². The standard InChI is InChI=1S/C16H24N4O/c1-12(13-7-6-8-15(9-13)21-5)17-10-14-11-20(19-18-14)16(2,3)4/h6-9,11-12,17H,10H2,1-5H3. The first-order chi connectivity index (χ1) is 9.90. The first kappa shape index (κ1) is 15.5. The van der Waals surface area contributed by atoms with Crippen LogP contribution in [0.5, 0.6) is 5.75 Å². The summed E-state index contributed by atoms with van der Waals surface area (Å²) in [6.45, 7) is 9.14. The minimum atomic E-state index is -0.0380. The van der Waals surface area contributed by atoms with E-state index >= 15 is 0 Å². The van der Waals surface area contributed by atoms with Crippen LogP contribution in [0.4, 0.5) is 0 Å². The van der Waals surface area contributed by atoms with Gasteiger partial charge in [0.2, 0.25) is 0 Å². The van der Waals surface area contributed by atoms with Crippen molar-refractivity contribution in [3.63, 3.8) is 0 Å². The third kappa shape index (κ3) is 4.04. The number of hydrogen-bond donors (Lipinski definition) is 1. The number of methoxy groups -OCH3 is 1. The van der Waals surface area contributed by atoms with Gasteiger partial charge in [0.1, 0.15) is 5.75 Å². The zero-order valence-corrected chi connectivity index (χ0v) is 13.4. The summed E-state index contributed by atoms with van der Waals surface area (Å²) >= 11 is 0. The molecule has 0 bridgehead atoms. The maximum atomic E-state index is 5.26. The number of rotatable bonds is 5. The molecule has 5 heteroatoms. The van der Waals surface area contributed by atoms with Crippen molar-refractivity contribution in [2.24, 2.45) is 0 Å². The van der Waals surface area contributed by atoms with Gasteiger partial charge in [-0.05, 0) is 45.4 Å². The van der Waals surface area contributed by atoms with Crippen molar-refractivity contribution >= 4 is 0 Å². The molecule has 1 aromatic carbocycles. The zero-order valence-electron chi connectivity index (χ0n) is 13.4. The summed E-state index contributed by atoms with van der Waals surface area (Å²) in [4.78, 5) is 0. The summed E-state index contributed by atoms with van der Waals surface area (Å²) in [7, 11) is 1.68. The lowest BCUT2D eigenvalue weighted by Crippen LogP contribution is -2.22. The van der Waals surface area contributed by atoms with E-state index < -0.39 is 0 Å². The molecule has 0 fully saturated rings. The van der Waals surface area contributed by atoms with Crippen molar-refractivity contribution in [3.05, 3.63) is 41.7 Å². The molecule has 0 spiro atoms. The molecule has 21 heavy (non-hydrogen) atoms. The van der Waals surface area contributed by atoms with Gasteiger partial charge in [0.25, 0.3) is 0 Å². The second-order valence-corrected chi connectivity index (χ2v) is 6.20. The molecule has 1 N–H and O–H groups in total. The van der Waals surface area contributed by atoms with Crippen LogP contribution in [0.1, 0.15) is 45.0 Å². The van der Waals surface area contributed by atoms with Crippen molar-refractivity contribution in [1.82, 2.24) is 20.3 Å². The van der Waals surface area contributed by atoms with E-state index in [0.717, 1.165) is 11.4 Å². The van der Waals surface area contributed by atoms with Crippen molar-refractivity contribution < 1.29 is 4.74 Å². The average molecular weight is 288 g/mol. The Labute approximate surface area is 126 Å². The summed E-state index contributed by atoms with van der Waals surface area (Å²) in [5.74, 6) is 0.875. The molecule has 0 saturated carbocycles. The quantitative estimate of drug-likeness (QED) is 0.919. The van der Waals surface area contributed by atoms with E-state index in [1.165, 1.54) is 5.56 Å². The molecular formula is C16H24N4O. The monoisotopic (exact) mass is 288 g/mol. The van der Waals surface area contributed by atoms with E-state index in [4.69, 9.17) is 4.74 Å². The van der Waals surface area contributed by atoms with Gasteiger partial charge >= 0.3 is 0 Å². The smallest absolute Gasteiger partial charge is 0.119 e. The topological polar surface area (TPSA) is 52.0 Å². The number of hydrogen-bond acceptors (Lipinski definition) is 4. The van der Waals surface area contributed by atoms with Crippen molar-refractivity contribution in [2.45, 2.75) is 45.8 Å².